The molecule has 0 aliphatic carbocycles. The smallest absolute Gasteiger partial charge is 0.226 e. The number of rotatable bonds is 5. The summed E-state index contributed by atoms with van der Waals surface area (Å²) in [5.74, 6) is 0.342. The molecule has 0 unspecified atom stereocenters. The molecule has 0 bridgehead atoms. The van der Waals surface area contributed by atoms with Crippen molar-refractivity contribution in [3.8, 4) is 0 Å². The second kappa shape index (κ2) is 8.07. The molecule has 5 heteroatoms. The van der Waals surface area contributed by atoms with Crippen molar-refractivity contribution in [2.75, 3.05) is 20.1 Å². The summed E-state index contributed by atoms with van der Waals surface area (Å²) in [5.41, 5.74) is -0.631. The number of aryl methyl sites for hydroxylation is 1. The van der Waals surface area contributed by atoms with Crippen LogP contribution in [-0.2, 0) is 5.60 Å². The van der Waals surface area contributed by atoms with Gasteiger partial charge in [-0.2, -0.15) is 0 Å². The fraction of sp³-hybridized carbons (Fsp3) is 0.714. The van der Waals surface area contributed by atoms with Gasteiger partial charge in [-0.1, -0.05) is 13.8 Å². The van der Waals surface area contributed by atoms with E-state index in [9.17, 15) is 9.90 Å². The van der Waals surface area contributed by atoms with Crippen LogP contribution in [0.15, 0.2) is 4.42 Å². The van der Waals surface area contributed by atoms with E-state index in [0.29, 0.717) is 12.0 Å². The Bertz CT molecular complexity index is 381. The lowest BCUT2D eigenvalue weighted by molar-refractivity contribution is 0.0474. The lowest BCUT2D eigenvalue weighted by Gasteiger charge is -2.10. The zero-order chi connectivity index (χ0) is 15.1. The molecule has 5 nitrogen and oxygen atoms in total. The molecular formula is C14H26N2O3. The summed E-state index contributed by atoms with van der Waals surface area (Å²) in [5, 5.41) is 9.45. The van der Waals surface area contributed by atoms with E-state index in [4.69, 9.17) is 4.42 Å². The Balaban J connectivity index is 0.000000399. The Labute approximate surface area is 115 Å². The fourth-order valence-electron chi connectivity index (χ4n) is 1.32. The number of hydrogen-bond donors (Lipinski definition) is 1. The quantitative estimate of drug-likeness (QED) is 0.832. The maximum absolute atomic E-state index is 10.4. The van der Waals surface area contributed by atoms with Crippen LogP contribution in [0.5, 0.6) is 0 Å². The van der Waals surface area contributed by atoms with Crippen LogP contribution in [0.4, 0.5) is 0 Å². The van der Waals surface area contributed by atoms with Crippen molar-refractivity contribution in [1.82, 2.24) is 9.88 Å². The SMILES string of the molecule is CCCN(C)CC.Cc1nc(C(C)(C)O)oc1C=O. The number of oxazole rings is 1. The third-order valence-corrected chi connectivity index (χ3v) is 2.61. The number of aromatic nitrogens is 1. The number of hydrogen-bond acceptors (Lipinski definition) is 5. The van der Waals surface area contributed by atoms with Crippen LogP contribution < -0.4 is 0 Å². The van der Waals surface area contributed by atoms with Crippen molar-refractivity contribution < 1.29 is 14.3 Å². The molecule has 19 heavy (non-hydrogen) atoms. The number of carbonyl (C=O) groups is 1. The molecule has 0 saturated carbocycles. The summed E-state index contributed by atoms with van der Waals surface area (Å²) in [7, 11) is 2.14. The highest BCUT2D eigenvalue weighted by Crippen LogP contribution is 2.20. The van der Waals surface area contributed by atoms with E-state index in [1.807, 2.05) is 0 Å². The average molecular weight is 270 g/mol. The van der Waals surface area contributed by atoms with Gasteiger partial charge < -0.3 is 14.4 Å². The first-order valence-corrected chi connectivity index (χ1v) is 6.60. The molecule has 0 spiro atoms. The van der Waals surface area contributed by atoms with Gasteiger partial charge in [-0.3, -0.25) is 4.79 Å². The molecule has 1 heterocycles. The lowest BCUT2D eigenvalue weighted by Crippen LogP contribution is -2.17. The Hall–Kier alpha value is -1.20. The number of nitrogens with zero attached hydrogens (tertiary/aromatic N) is 2. The molecule has 1 aromatic heterocycles. The molecule has 0 radical (unpaired) electrons. The summed E-state index contributed by atoms with van der Waals surface area (Å²) < 4.78 is 5.00. The molecule has 0 saturated heterocycles. The lowest BCUT2D eigenvalue weighted by atomic mass is 10.1. The number of aldehydes is 1. The van der Waals surface area contributed by atoms with Gasteiger partial charge in [-0.15, -0.1) is 0 Å². The Morgan fingerprint density at radius 2 is 2.00 bits per heavy atom. The van der Waals surface area contributed by atoms with Gasteiger partial charge in [0.15, 0.2) is 12.0 Å². The van der Waals surface area contributed by atoms with E-state index >= 15 is 0 Å². The minimum atomic E-state index is -1.13. The summed E-state index contributed by atoms with van der Waals surface area (Å²) in [6.45, 7) is 11.5. The van der Waals surface area contributed by atoms with Crippen LogP contribution in [0, 0.1) is 6.92 Å². The summed E-state index contributed by atoms with van der Waals surface area (Å²) >= 11 is 0. The molecule has 110 valence electrons. The van der Waals surface area contributed by atoms with Crippen LogP contribution in [-0.4, -0.2) is 41.4 Å². The van der Waals surface area contributed by atoms with Crippen molar-refractivity contribution >= 4 is 6.29 Å². The summed E-state index contributed by atoms with van der Waals surface area (Å²) in [6.07, 6.45) is 1.85. The maximum Gasteiger partial charge on any atom is 0.226 e. The monoisotopic (exact) mass is 270 g/mol. The van der Waals surface area contributed by atoms with Gasteiger partial charge in [0.25, 0.3) is 0 Å². The topological polar surface area (TPSA) is 66.6 Å². The zero-order valence-electron chi connectivity index (χ0n) is 12.9. The first-order valence-electron chi connectivity index (χ1n) is 6.60. The average Bonchev–Trinajstić information content (AvgIpc) is 2.71. The molecule has 1 aromatic rings. The standard InChI is InChI=1S/C8H11NO3.C6H15N/c1-5-6(4-10)12-7(9-5)8(2,3)11;1-4-6-7(3)5-2/h4,11H,1-3H3;4-6H2,1-3H3. The third-order valence-electron chi connectivity index (χ3n) is 2.61. The summed E-state index contributed by atoms with van der Waals surface area (Å²) in [6, 6.07) is 0. The van der Waals surface area contributed by atoms with Gasteiger partial charge in [0.05, 0.1) is 5.69 Å². The van der Waals surface area contributed by atoms with Crippen LogP contribution in [0.3, 0.4) is 0 Å². The van der Waals surface area contributed by atoms with Gasteiger partial charge in [0.2, 0.25) is 5.89 Å². The van der Waals surface area contributed by atoms with E-state index in [1.165, 1.54) is 19.5 Å². The van der Waals surface area contributed by atoms with Gasteiger partial charge in [0.1, 0.15) is 5.60 Å². The third kappa shape index (κ3) is 6.50. The van der Waals surface area contributed by atoms with E-state index in [1.54, 1.807) is 20.8 Å². The van der Waals surface area contributed by atoms with Gasteiger partial charge in [0, 0.05) is 0 Å². The van der Waals surface area contributed by atoms with Crippen molar-refractivity contribution in [1.29, 1.82) is 0 Å². The highest BCUT2D eigenvalue weighted by Gasteiger charge is 2.23. The normalized spacial score (nSPS) is 11.2. The minimum Gasteiger partial charge on any atom is -0.434 e. The minimum absolute atomic E-state index is 0.169. The van der Waals surface area contributed by atoms with Crippen molar-refractivity contribution in [3.63, 3.8) is 0 Å². The Morgan fingerprint density at radius 3 is 2.21 bits per heavy atom. The number of aliphatic hydroxyl groups is 1. The van der Waals surface area contributed by atoms with E-state index < -0.39 is 5.60 Å². The molecule has 1 N–H and O–H groups in total. The Morgan fingerprint density at radius 1 is 1.42 bits per heavy atom. The molecule has 0 amide bonds. The predicted molar refractivity (Wildman–Crippen MR) is 75.3 cm³/mol. The molecule has 0 aliphatic rings. The molecule has 0 atom stereocenters. The van der Waals surface area contributed by atoms with Crippen LogP contribution in [0.1, 0.15) is 56.3 Å². The van der Waals surface area contributed by atoms with E-state index in [2.05, 4.69) is 30.8 Å². The van der Waals surface area contributed by atoms with Crippen LogP contribution in [0.25, 0.3) is 0 Å². The first kappa shape index (κ1) is 17.8. The number of carbonyl (C=O) groups excluding carboxylic acids is 1. The van der Waals surface area contributed by atoms with Crippen LogP contribution in [0.2, 0.25) is 0 Å². The van der Waals surface area contributed by atoms with E-state index in [-0.39, 0.29) is 11.7 Å². The van der Waals surface area contributed by atoms with Crippen molar-refractivity contribution in [2.45, 2.75) is 46.6 Å². The molecular weight excluding hydrogens is 244 g/mol. The predicted octanol–water partition coefficient (Wildman–Crippen LogP) is 2.37. The Kier molecular flexibility index (Phi) is 7.56. The maximum atomic E-state index is 10.4. The van der Waals surface area contributed by atoms with E-state index in [0.717, 1.165) is 0 Å². The highest BCUT2D eigenvalue weighted by molar-refractivity contribution is 5.71. The molecule has 0 aromatic carbocycles. The van der Waals surface area contributed by atoms with Gasteiger partial charge in [-0.25, -0.2) is 4.98 Å². The highest BCUT2D eigenvalue weighted by atomic mass is 16.4. The van der Waals surface area contributed by atoms with Crippen molar-refractivity contribution in [2.24, 2.45) is 0 Å². The second-order valence-corrected chi connectivity index (χ2v) is 5.04. The van der Waals surface area contributed by atoms with Crippen LogP contribution >= 0.6 is 0 Å². The first-order chi connectivity index (χ1) is 8.76. The fourth-order valence-corrected chi connectivity index (χ4v) is 1.32. The zero-order valence-corrected chi connectivity index (χ0v) is 12.9. The molecule has 1 rings (SSSR count). The second-order valence-electron chi connectivity index (χ2n) is 5.04. The molecule has 0 fully saturated rings. The van der Waals surface area contributed by atoms with Crippen molar-refractivity contribution in [3.05, 3.63) is 17.3 Å². The largest absolute Gasteiger partial charge is 0.434 e. The van der Waals surface area contributed by atoms with Gasteiger partial charge in [-0.05, 0) is 47.3 Å². The van der Waals surface area contributed by atoms with Gasteiger partial charge >= 0.3 is 0 Å². The molecule has 0 aliphatic heterocycles. The summed E-state index contributed by atoms with van der Waals surface area (Å²) in [4.78, 5) is 16.6.